The van der Waals surface area contributed by atoms with Gasteiger partial charge in [0.05, 0.1) is 18.3 Å². The Balaban J connectivity index is 1.29. The molecule has 1 fully saturated rings. The van der Waals surface area contributed by atoms with Crippen LogP contribution in [0.4, 0.5) is 0 Å². The summed E-state index contributed by atoms with van der Waals surface area (Å²) in [6, 6.07) is 15.7. The van der Waals surface area contributed by atoms with E-state index in [1.54, 1.807) is 24.0 Å². The van der Waals surface area contributed by atoms with Gasteiger partial charge in [0.2, 0.25) is 0 Å². The number of thiazole rings is 1. The highest BCUT2D eigenvalue weighted by Crippen LogP contribution is 2.25. The number of methoxy groups -OCH3 is 1. The molecule has 1 amide bonds. The van der Waals surface area contributed by atoms with Crippen LogP contribution in [0.1, 0.15) is 34.5 Å². The first-order chi connectivity index (χ1) is 14.7. The molecule has 0 bridgehead atoms. The second-order valence-electron chi connectivity index (χ2n) is 7.58. The number of nitrogens with zero attached hydrogens (tertiary/aromatic N) is 2. The number of amides is 1. The van der Waals surface area contributed by atoms with E-state index in [2.05, 4.69) is 17.1 Å². The van der Waals surface area contributed by atoms with E-state index < -0.39 is 0 Å². The summed E-state index contributed by atoms with van der Waals surface area (Å²) in [5.41, 5.74) is 4.69. The number of likely N-dealkylation sites (tertiary alicyclic amines) is 1. The van der Waals surface area contributed by atoms with Crippen molar-refractivity contribution < 1.29 is 14.3 Å². The first-order valence-electron chi connectivity index (χ1n) is 10.2. The maximum absolute atomic E-state index is 13.0. The Hall–Kier alpha value is -2.86. The molecule has 1 saturated heterocycles. The SMILES string of the molecule is COc1ccc(CC2CCN(C(=O)c3cccc(OCc4cscn4)c3)CC2)cc1. The number of aromatic nitrogens is 1. The van der Waals surface area contributed by atoms with Crippen LogP contribution in [-0.2, 0) is 13.0 Å². The number of rotatable bonds is 7. The molecule has 0 unspecified atom stereocenters. The molecule has 1 aliphatic heterocycles. The van der Waals surface area contributed by atoms with Gasteiger partial charge in [-0.2, -0.15) is 0 Å². The quantitative estimate of drug-likeness (QED) is 0.547. The molecule has 0 N–H and O–H groups in total. The standard InChI is InChI=1S/C24H26N2O3S/c1-28-22-7-5-18(6-8-22)13-19-9-11-26(12-10-19)24(27)20-3-2-4-23(14-20)29-15-21-16-30-17-25-21/h2-8,14,16-17,19H,9-13,15H2,1H3. The lowest BCUT2D eigenvalue weighted by Gasteiger charge is -2.32. The zero-order chi connectivity index (χ0) is 20.8. The highest BCUT2D eigenvalue weighted by Gasteiger charge is 2.24. The van der Waals surface area contributed by atoms with Gasteiger partial charge in [0, 0.05) is 24.0 Å². The highest BCUT2D eigenvalue weighted by molar-refractivity contribution is 7.07. The zero-order valence-electron chi connectivity index (χ0n) is 17.1. The molecule has 2 heterocycles. The minimum Gasteiger partial charge on any atom is -0.497 e. The predicted octanol–water partition coefficient (Wildman–Crippen LogP) is 4.83. The number of carbonyl (C=O) groups is 1. The van der Waals surface area contributed by atoms with Crippen LogP contribution in [0.2, 0.25) is 0 Å². The summed E-state index contributed by atoms with van der Waals surface area (Å²) < 4.78 is 11.0. The summed E-state index contributed by atoms with van der Waals surface area (Å²) in [7, 11) is 1.68. The second kappa shape index (κ2) is 9.76. The second-order valence-corrected chi connectivity index (χ2v) is 8.30. The highest BCUT2D eigenvalue weighted by atomic mass is 32.1. The summed E-state index contributed by atoms with van der Waals surface area (Å²) >= 11 is 1.55. The van der Waals surface area contributed by atoms with Crippen molar-refractivity contribution in [2.75, 3.05) is 20.2 Å². The lowest BCUT2D eigenvalue weighted by atomic mass is 9.90. The Morgan fingerprint density at radius 2 is 1.93 bits per heavy atom. The molecule has 156 valence electrons. The molecule has 30 heavy (non-hydrogen) atoms. The number of hydrogen-bond donors (Lipinski definition) is 0. The molecular weight excluding hydrogens is 396 g/mol. The number of benzene rings is 2. The molecule has 0 atom stereocenters. The molecule has 5 nitrogen and oxygen atoms in total. The van der Waals surface area contributed by atoms with Gasteiger partial charge >= 0.3 is 0 Å². The largest absolute Gasteiger partial charge is 0.497 e. The third-order valence-corrected chi connectivity index (χ3v) is 6.17. The van der Waals surface area contributed by atoms with E-state index in [-0.39, 0.29) is 5.91 Å². The van der Waals surface area contributed by atoms with Crippen LogP contribution >= 0.6 is 11.3 Å². The normalized spacial score (nSPS) is 14.5. The lowest BCUT2D eigenvalue weighted by Crippen LogP contribution is -2.38. The van der Waals surface area contributed by atoms with Crippen LogP contribution in [0.5, 0.6) is 11.5 Å². The first kappa shape index (κ1) is 20.4. The Bertz CT molecular complexity index is 949. The van der Waals surface area contributed by atoms with E-state index >= 15 is 0 Å². The number of ether oxygens (including phenoxy) is 2. The van der Waals surface area contributed by atoms with Gasteiger partial charge in [0.15, 0.2) is 0 Å². The van der Waals surface area contributed by atoms with Gasteiger partial charge in [0.25, 0.3) is 5.91 Å². The maximum Gasteiger partial charge on any atom is 0.253 e. The van der Waals surface area contributed by atoms with Crippen molar-refractivity contribution >= 4 is 17.2 Å². The minimum atomic E-state index is 0.0806. The summed E-state index contributed by atoms with van der Waals surface area (Å²) in [5.74, 6) is 2.27. The van der Waals surface area contributed by atoms with Crippen LogP contribution in [0, 0.1) is 5.92 Å². The van der Waals surface area contributed by atoms with Crippen molar-refractivity contribution in [2.45, 2.75) is 25.9 Å². The molecule has 3 aromatic rings. The molecule has 6 heteroatoms. The van der Waals surface area contributed by atoms with E-state index in [9.17, 15) is 4.79 Å². The van der Waals surface area contributed by atoms with Gasteiger partial charge in [-0.1, -0.05) is 18.2 Å². The van der Waals surface area contributed by atoms with Crippen molar-refractivity contribution in [2.24, 2.45) is 5.92 Å². The smallest absolute Gasteiger partial charge is 0.253 e. The van der Waals surface area contributed by atoms with Crippen molar-refractivity contribution in [1.29, 1.82) is 0 Å². The van der Waals surface area contributed by atoms with Gasteiger partial charge in [0.1, 0.15) is 18.1 Å². The van der Waals surface area contributed by atoms with Crippen molar-refractivity contribution in [3.8, 4) is 11.5 Å². The lowest BCUT2D eigenvalue weighted by molar-refractivity contribution is 0.0690. The summed E-state index contributed by atoms with van der Waals surface area (Å²) in [4.78, 5) is 19.1. The summed E-state index contributed by atoms with van der Waals surface area (Å²) in [5, 5.41) is 1.96. The van der Waals surface area contributed by atoms with E-state index in [0.717, 1.165) is 43.8 Å². The fraction of sp³-hybridized carbons (Fsp3) is 0.333. The molecule has 0 aliphatic carbocycles. The van der Waals surface area contributed by atoms with Crippen molar-refractivity contribution in [3.05, 3.63) is 76.2 Å². The third kappa shape index (κ3) is 5.19. The van der Waals surface area contributed by atoms with Gasteiger partial charge < -0.3 is 14.4 Å². The van der Waals surface area contributed by atoms with Crippen LogP contribution < -0.4 is 9.47 Å². The molecule has 4 rings (SSSR count). The number of piperidine rings is 1. The van der Waals surface area contributed by atoms with Crippen LogP contribution in [0.15, 0.2) is 59.4 Å². The Labute approximate surface area is 181 Å². The van der Waals surface area contributed by atoms with E-state index in [4.69, 9.17) is 9.47 Å². The molecule has 1 aliphatic rings. The van der Waals surface area contributed by atoms with E-state index in [0.29, 0.717) is 23.8 Å². The number of carbonyl (C=O) groups excluding carboxylic acids is 1. The summed E-state index contributed by atoms with van der Waals surface area (Å²) in [6.07, 6.45) is 3.10. The first-order valence-corrected chi connectivity index (χ1v) is 11.2. The molecule has 2 aromatic carbocycles. The Kier molecular flexibility index (Phi) is 6.64. The molecule has 0 saturated carbocycles. The van der Waals surface area contributed by atoms with Gasteiger partial charge in [-0.3, -0.25) is 4.79 Å². The van der Waals surface area contributed by atoms with Crippen molar-refractivity contribution in [3.63, 3.8) is 0 Å². The third-order valence-electron chi connectivity index (χ3n) is 5.54. The predicted molar refractivity (Wildman–Crippen MR) is 118 cm³/mol. The summed E-state index contributed by atoms with van der Waals surface area (Å²) in [6.45, 7) is 2.00. The topological polar surface area (TPSA) is 51.7 Å². The monoisotopic (exact) mass is 422 g/mol. The van der Waals surface area contributed by atoms with Crippen molar-refractivity contribution in [1.82, 2.24) is 9.88 Å². The average molecular weight is 423 g/mol. The molecular formula is C24H26N2O3S. The average Bonchev–Trinajstić information content (AvgIpc) is 3.32. The minimum absolute atomic E-state index is 0.0806. The maximum atomic E-state index is 13.0. The Morgan fingerprint density at radius 1 is 1.13 bits per heavy atom. The van der Waals surface area contributed by atoms with Crippen LogP contribution in [-0.4, -0.2) is 36.0 Å². The van der Waals surface area contributed by atoms with Gasteiger partial charge in [-0.25, -0.2) is 4.98 Å². The number of hydrogen-bond acceptors (Lipinski definition) is 5. The van der Waals surface area contributed by atoms with E-state index in [1.807, 2.05) is 46.7 Å². The molecule has 0 radical (unpaired) electrons. The van der Waals surface area contributed by atoms with Crippen LogP contribution in [0.25, 0.3) is 0 Å². The Morgan fingerprint density at radius 3 is 2.63 bits per heavy atom. The molecule has 1 aromatic heterocycles. The van der Waals surface area contributed by atoms with Gasteiger partial charge in [-0.15, -0.1) is 11.3 Å². The van der Waals surface area contributed by atoms with Crippen LogP contribution in [0.3, 0.4) is 0 Å². The fourth-order valence-corrected chi connectivity index (χ4v) is 4.35. The molecule has 0 spiro atoms. The fourth-order valence-electron chi connectivity index (χ4n) is 3.80. The zero-order valence-corrected chi connectivity index (χ0v) is 17.9. The van der Waals surface area contributed by atoms with Gasteiger partial charge in [-0.05, 0) is 61.1 Å². The van der Waals surface area contributed by atoms with E-state index in [1.165, 1.54) is 5.56 Å².